The van der Waals surface area contributed by atoms with Crippen molar-refractivity contribution in [1.82, 2.24) is 9.13 Å². The highest BCUT2D eigenvalue weighted by atomic mass is 16.3. The van der Waals surface area contributed by atoms with Crippen LogP contribution in [0.2, 0.25) is 0 Å². The molecular weight excluding hydrogens is 781 g/mol. The number of hydrogen-bond acceptors (Lipinski definition) is 2. The van der Waals surface area contributed by atoms with Crippen LogP contribution in [0.1, 0.15) is 0 Å². The SMILES string of the molecule is c1ccc(-n2c3ccccc3c3c(-c4ccccc4-c4cccc5c4c4ccccc4n5-c4ccc5oc6ccc(-c7cccc8c7oc7ccccc78)cc6c5c4)cccc32)cc1. The molecular formula is C60H36N2O2. The molecule has 0 fully saturated rings. The fraction of sp³-hybridized carbons (Fsp3) is 0. The Morgan fingerprint density at radius 2 is 0.750 bits per heavy atom. The lowest BCUT2D eigenvalue weighted by atomic mass is 9.90. The summed E-state index contributed by atoms with van der Waals surface area (Å²) in [6.07, 6.45) is 0. The van der Waals surface area contributed by atoms with Crippen LogP contribution in [0.25, 0.3) is 132 Å². The van der Waals surface area contributed by atoms with Crippen LogP contribution < -0.4 is 0 Å². The average Bonchev–Trinajstić information content (AvgIpc) is 4.11. The van der Waals surface area contributed by atoms with Crippen molar-refractivity contribution in [2.45, 2.75) is 0 Å². The van der Waals surface area contributed by atoms with Crippen molar-refractivity contribution < 1.29 is 8.83 Å². The fourth-order valence-corrected chi connectivity index (χ4v) is 10.6. The molecule has 0 bridgehead atoms. The van der Waals surface area contributed by atoms with Crippen LogP contribution in [0.5, 0.6) is 0 Å². The molecule has 0 amide bonds. The van der Waals surface area contributed by atoms with E-state index >= 15 is 0 Å². The molecule has 0 radical (unpaired) electrons. The zero-order chi connectivity index (χ0) is 41.9. The molecule has 0 saturated heterocycles. The Morgan fingerprint density at radius 3 is 1.45 bits per heavy atom. The smallest absolute Gasteiger partial charge is 0.143 e. The van der Waals surface area contributed by atoms with Crippen molar-refractivity contribution in [3.8, 4) is 44.8 Å². The molecule has 0 unspecified atom stereocenters. The van der Waals surface area contributed by atoms with E-state index in [-0.39, 0.29) is 0 Å². The molecule has 4 nitrogen and oxygen atoms in total. The van der Waals surface area contributed by atoms with Gasteiger partial charge in [0.15, 0.2) is 0 Å². The first kappa shape index (κ1) is 35.0. The molecule has 64 heavy (non-hydrogen) atoms. The number of rotatable bonds is 5. The maximum Gasteiger partial charge on any atom is 0.143 e. The van der Waals surface area contributed by atoms with Gasteiger partial charge < -0.3 is 18.0 Å². The standard InChI is InChI=1S/C60H36N2O2/c1-2-15-38(16-3-1)61-51-26-9-6-20-47(51)58-44(23-13-28-53(58)61)41-17-4-5-18-42(41)45-24-14-29-54-59(45)48-21-7-10-27-52(48)62(54)39-32-34-57-50(36-39)49-35-37(31-33-56(49)63-57)40-22-12-25-46-43-19-8-11-30-55(43)64-60(40)46/h1-36H. The number of fused-ring (bicyclic) bond motifs is 12. The van der Waals surface area contributed by atoms with Crippen LogP contribution in [-0.4, -0.2) is 9.13 Å². The van der Waals surface area contributed by atoms with Gasteiger partial charge in [-0.25, -0.2) is 0 Å². The molecule has 10 aromatic carbocycles. The second-order valence-corrected chi connectivity index (χ2v) is 16.8. The lowest BCUT2D eigenvalue weighted by Gasteiger charge is -2.14. The third kappa shape index (κ3) is 4.99. The van der Waals surface area contributed by atoms with Gasteiger partial charge in [-0.15, -0.1) is 0 Å². The number of nitrogens with zero attached hydrogens (tertiary/aromatic N) is 2. The second-order valence-electron chi connectivity index (χ2n) is 16.8. The topological polar surface area (TPSA) is 36.1 Å². The zero-order valence-electron chi connectivity index (χ0n) is 34.5. The minimum atomic E-state index is 0.857. The normalized spacial score (nSPS) is 12.1. The molecule has 14 rings (SSSR count). The van der Waals surface area contributed by atoms with Gasteiger partial charge in [-0.3, -0.25) is 0 Å². The van der Waals surface area contributed by atoms with Crippen molar-refractivity contribution in [1.29, 1.82) is 0 Å². The fourth-order valence-electron chi connectivity index (χ4n) is 10.6. The van der Waals surface area contributed by atoms with Crippen molar-refractivity contribution in [2.75, 3.05) is 0 Å². The number of hydrogen-bond donors (Lipinski definition) is 0. The largest absolute Gasteiger partial charge is 0.456 e. The first-order chi connectivity index (χ1) is 31.8. The first-order valence-electron chi connectivity index (χ1n) is 21.8. The molecule has 0 aliphatic rings. The number of para-hydroxylation sites is 5. The summed E-state index contributed by atoms with van der Waals surface area (Å²) in [5.74, 6) is 0. The van der Waals surface area contributed by atoms with Gasteiger partial charge in [0.25, 0.3) is 0 Å². The van der Waals surface area contributed by atoms with Crippen molar-refractivity contribution in [3.63, 3.8) is 0 Å². The molecule has 0 aliphatic heterocycles. The highest BCUT2D eigenvalue weighted by Gasteiger charge is 2.22. The summed E-state index contributed by atoms with van der Waals surface area (Å²) in [6, 6.07) is 78.5. The summed E-state index contributed by atoms with van der Waals surface area (Å²) in [4.78, 5) is 0. The van der Waals surface area contributed by atoms with Crippen LogP contribution >= 0.6 is 0 Å². The van der Waals surface area contributed by atoms with Gasteiger partial charge in [0.2, 0.25) is 0 Å². The maximum atomic E-state index is 6.51. The predicted molar refractivity (Wildman–Crippen MR) is 266 cm³/mol. The Labute approximate surface area is 367 Å². The first-order valence-corrected chi connectivity index (χ1v) is 21.8. The van der Waals surface area contributed by atoms with Gasteiger partial charge >= 0.3 is 0 Å². The molecule has 0 spiro atoms. The zero-order valence-corrected chi connectivity index (χ0v) is 34.5. The van der Waals surface area contributed by atoms with Gasteiger partial charge in [0, 0.05) is 60.0 Å². The average molecular weight is 817 g/mol. The predicted octanol–water partition coefficient (Wildman–Crippen LogP) is 16.7. The van der Waals surface area contributed by atoms with Gasteiger partial charge in [-0.2, -0.15) is 0 Å². The van der Waals surface area contributed by atoms with Crippen LogP contribution in [0.3, 0.4) is 0 Å². The van der Waals surface area contributed by atoms with Crippen LogP contribution in [0.15, 0.2) is 227 Å². The van der Waals surface area contributed by atoms with Gasteiger partial charge in [0.1, 0.15) is 22.3 Å². The quantitative estimate of drug-likeness (QED) is 0.173. The number of furan rings is 2. The van der Waals surface area contributed by atoms with E-state index in [0.29, 0.717) is 0 Å². The molecule has 4 heteroatoms. The maximum absolute atomic E-state index is 6.51. The molecule has 4 aromatic heterocycles. The molecule has 0 aliphatic carbocycles. The van der Waals surface area contributed by atoms with E-state index in [9.17, 15) is 0 Å². The van der Waals surface area contributed by atoms with Crippen LogP contribution in [-0.2, 0) is 0 Å². The number of benzene rings is 10. The van der Waals surface area contributed by atoms with Crippen molar-refractivity contribution in [3.05, 3.63) is 218 Å². The summed E-state index contributed by atoms with van der Waals surface area (Å²) in [7, 11) is 0. The minimum Gasteiger partial charge on any atom is -0.456 e. The highest BCUT2D eigenvalue weighted by molar-refractivity contribution is 6.20. The summed E-state index contributed by atoms with van der Waals surface area (Å²) in [6.45, 7) is 0. The molecule has 0 N–H and O–H groups in total. The molecule has 0 atom stereocenters. The second kappa shape index (κ2) is 13.4. The Morgan fingerprint density at radius 1 is 0.266 bits per heavy atom. The molecule has 0 saturated carbocycles. The van der Waals surface area contributed by atoms with E-state index in [4.69, 9.17) is 8.83 Å². The number of aromatic nitrogens is 2. The van der Waals surface area contributed by atoms with E-state index in [1.165, 1.54) is 54.8 Å². The lowest BCUT2D eigenvalue weighted by Crippen LogP contribution is -1.94. The molecule has 14 aromatic rings. The third-order valence-corrected chi connectivity index (χ3v) is 13.3. The third-order valence-electron chi connectivity index (χ3n) is 13.3. The summed E-state index contributed by atoms with van der Waals surface area (Å²) in [5, 5.41) is 9.31. The van der Waals surface area contributed by atoms with E-state index in [1.54, 1.807) is 0 Å². The van der Waals surface area contributed by atoms with E-state index in [1.807, 2.05) is 12.1 Å². The Bertz CT molecular complexity index is 4200. The Balaban J connectivity index is 0.962. The van der Waals surface area contributed by atoms with Crippen molar-refractivity contribution in [2.24, 2.45) is 0 Å². The minimum absolute atomic E-state index is 0.857. The Hall–Kier alpha value is -8.60. The van der Waals surface area contributed by atoms with Gasteiger partial charge in [-0.1, -0.05) is 146 Å². The van der Waals surface area contributed by atoms with E-state index in [2.05, 4.69) is 215 Å². The van der Waals surface area contributed by atoms with Gasteiger partial charge in [0.05, 0.1) is 22.1 Å². The lowest BCUT2D eigenvalue weighted by molar-refractivity contribution is 0.668. The monoisotopic (exact) mass is 816 g/mol. The summed E-state index contributed by atoms with van der Waals surface area (Å²) >= 11 is 0. The molecule has 4 heterocycles. The van der Waals surface area contributed by atoms with E-state index in [0.717, 1.165) is 77.4 Å². The van der Waals surface area contributed by atoms with Crippen molar-refractivity contribution >= 4 is 87.5 Å². The Kier molecular flexibility index (Phi) is 7.36. The molecule has 298 valence electrons. The van der Waals surface area contributed by atoms with E-state index < -0.39 is 0 Å². The van der Waals surface area contributed by atoms with Crippen LogP contribution in [0, 0.1) is 0 Å². The highest BCUT2D eigenvalue weighted by Crippen LogP contribution is 2.46. The van der Waals surface area contributed by atoms with Gasteiger partial charge in [-0.05, 0) is 101 Å². The van der Waals surface area contributed by atoms with Crippen LogP contribution in [0.4, 0.5) is 0 Å². The summed E-state index contributed by atoms with van der Waals surface area (Å²) < 4.78 is 17.8. The summed E-state index contributed by atoms with van der Waals surface area (Å²) in [5.41, 5.74) is 17.4.